The van der Waals surface area contributed by atoms with Crippen LogP contribution in [0.3, 0.4) is 0 Å². The van der Waals surface area contributed by atoms with Gasteiger partial charge in [0.25, 0.3) is 0 Å². The smallest absolute Gasteiger partial charge is 0.0633 e. The second kappa shape index (κ2) is 38.3. The highest BCUT2D eigenvalue weighted by Crippen LogP contribution is 2.51. The van der Waals surface area contributed by atoms with E-state index in [-0.39, 0.29) is 0 Å². The minimum absolute atomic E-state index is 0.637. The van der Waals surface area contributed by atoms with E-state index in [1.54, 1.807) is 0 Å². The summed E-state index contributed by atoms with van der Waals surface area (Å²) in [5.41, 5.74) is 22.9. The molecule has 28 rings (SSSR count). The Labute approximate surface area is 851 Å². The van der Waals surface area contributed by atoms with Crippen LogP contribution >= 0.6 is 0 Å². The van der Waals surface area contributed by atoms with E-state index < -0.39 is 28.6 Å². The van der Waals surface area contributed by atoms with Crippen LogP contribution in [0.5, 0.6) is 0 Å². The van der Waals surface area contributed by atoms with Crippen LogP contribution in [0.4, 0.5) is 0 Å². The lowest BCUT2D eigenvalue weighted by Gasteiger charge is -2.21. The van der Waals surface area contributed by atoms with Gasteiger partial charge in [-0.05, 0) is 283 Å². The molecule has 0 aliphatic carbocycles. The highest BCUT2D eigenvalue weighted by molar-refractivity contribution is 6.69. The molecule has 0 atom stereocenters. The van der Waals surface area contributed by atoms with Crippen molar-refractivity contribution in [3.63, 3.8) is 0 Å². The molecule has 0 nitrogen and oxygen atoms in total. The maximum atomic E-state index is 2.52. The van der Waals surface area contributed by atoms with Crippen molar-refractivity contribution < 1.29 is 0 Å². The normalized spacial score (nSPS) is 11.8. The first-order chi connectivity index (χ1) is 71.9. The molecule has 0 unspecified atom stereocenters. The van der Waals surface area contributed by atoms with Crippen molar-refractivity contribution in [2.24, 2.45) is 0 Å². The van der Waals surface area contributed by atoms with Crippen LogP contribution in [0.15, 0.2) is 558 Å². The van der Waals surface area contributed by atoms with Crippen molar-refractivity contribution in [3.8, 4) is 100 Å². The van der Waals surface area contributed by atoms with E-state index in [0.29, 0.717) is 0 Å². The van der Waals surface area contributed by atoms with Gasteiger partial charge in [0.15, 0.2) is 0 Å². The molecule has 0 saturated heterocycles. The maximum Gasteiger partial charge on any atom is 0.0875 e. The SMILES string of the molecule is c1ccc([SiH2]c2ccc3c(-c4cc5ccccc5c5ccccc45)c4ccccc4c(-c4cccc(-c5cccc6ccccc56)c4)c3c2)cc1.c1ccc([SiH2]c2ccc3c(-c4cccc(-c5ccc6ccccc6c5)c4)c4ccccc4c(-c4ccc5ccccc5c4)c3c2)cc1.c1ccc([SiH2]c2ccc3c(-c4cccc(-c5ccc6ccccc6c5)c4)c4ccccc4c(-c4cccc5ccccc45)c3c2)cc1. The summed E-state index contributed by atoms with van der Waals surface area (Å²) in [6.45, 7) is 0. The van der Waals surface area contributed by atoms with Gasteiger partial charge in [0.05, 0.1) is 28.6 Å². The lowest BCUT2D eigenvalue weighted by Crippen LogP contribution is -2.26. The van der Waals surface area contributed by atoms with E-state index in [1.807, 2.05) is 0 Å². The average molecular weight is 1890 g/mol. The number of hydrogen-bond acceptors (Lipinski definition) is 0. The Morgan fingerprint density at radius 3 is 0.779 bits per heavy atom. The van der Waals surface area contributed by atoms with E-state index in [2.05, 4.69) is 558 Å². The molecule has 0 spiro atoms. The highest BCUT2D eigenvalue weighted by Gasteiger charge is 2.26. The Morgan fingerprint density at radius 1 is 0.0897 bits per heavy atom. The van der Waals surface area contributed by atoms with Gasteiger partial charge in [-0.2, -0.15) is 0 Å². The fourth-order valence-electron chi connectivity index (χ4n) is 23.1. The molecule has 0 amide bonds. The molecular weight excluding hydrogens is 1790 g/mol. The van der Waals surface area contributed by atoms with Gasteiger partial charge in [-0.3, -0.25) is 0 Å². The fraction of sp³-hybridized carbons (Fsp3) is 0. The molecule has 0 bridgehead atoms. The van der Waals surface area contributed by atoms with E-state index >= 15 is 0 Å². The third-order valence-electron chi connectivity index (χ3n) is 29.9. The molecule has 0 aromatic heterocycles. The molecule has 0 fully saturated rings. The van der Waals surface area contributed by atoms with Crippen molar-refractivity contribution in [2.75, 3.05) is 0 Å². The largest absolute Gasteiger partial charge is 0.0875 e. The van der Waals surface area contributed by atoms with Gasteiger partial charge in [-0.25, -0.2) is 0 Å². The summed E-state index contributed by atoms with van der Waals surface area (Å²) in [5.74, 6) is 0. The average Bonchev–Trinajstić information content (AvgIpc) is 0.731. The molecule has 0 aliphatic rings. The zero-order chi connectivity index (χ0) is 96.0. The van der Waals surface area contributed by atoms with Gasteiger partial charge in [0.1, 0.15) is 0 Å². The van der Waals surface area contributed by atoms with Gasteiger partial charge in [0, 0.05) is 0 Å². The number of hydrogen-bond donors (Lipinski definition) is 0. The Hall–Kier alpha value is -17.8. The van der Waals surface area contributed by atoms with Crippen LogP contribution in [0.1, 0.15) is 0 Å². The minimum atomic E-state index is -0.679. The second-order valence-corrected chi connectivity index (χ2v) is 44.6. The summed E-state index contributed by atoms with van der Waals surface area (Å²) >= 11 is 0. The standard InChI is InChI=1S/C50H34Si.2C46H32Si/c1-2-19-37(20-3-1)51-38-28-29-46-48(32-38)49(36-18-12-17-34(30-36)40-27-13-16-33-14-4-6-21-39(33)40)44-25-10-11-26-45(44)50(46)47-31-35-15-5-7-22-41(35)42-23-8-9-24-43(42)47;1-2-17-39(18-3-1)47-40-25-26-43-44(30-40)46(38-24-22-32-12-5-7-14-34(32)28-38)42-20-9-8-19-41(42)45(43)37-16-10-15-35(29-37)36-23-21-31-11-4-6-13-33(31)27-36;1-2-18-37(19-3-1)47-38-26-27-43-44(30-38)46(40-23-11-15-32-13-6-7-20-39(32)40)42-22-9-8-21-41(42)45(43)36-17-10-16-34(29-36)35-25-24-31-12-4-5-14-33(31)28-35/h1-32H,51H2;2*1-30H,47H2. The van der Waals surface area contributed by atoms with Gasteiger partial charge >= 0.3 is 0 Å². The van der Waals surface area contributed by atoms with Crippen LogP contribution in [0, 0.1) is 0 Å². The van der Waals surface area contributed by atoms with Crippen molar-refractivity contribution in [2.45, 2.75) is 0 Å². The molecule has 3 heteroatoms. The zero-order valence-electron chi connectivity index (χ0n) is 80.2. The van der Waals surface area contributed by atoms with Crippen LogP contribution in [-0.2, 0) is 0 Å². The topological polar surface area (TPSA) is 0 Å². The van der Waals surface area contributed by atoms with Crippen LogP contribution in [0.2, 0.25) is 0 Å². The Bertz CT molecular complexity index is 9920. The molecule has 678 valence electrons. The van der Waals surface area contributed by atoms with Crippen molar-refractivity contribution in [3.05, 3.63) is 558 Å². The number of fused-ring (bicyclic) bond motifs is 14. The minimum Gasteiger partial charge on any atom is -0.0633 e. The molecular formula is C142H98Si3. The Kier molecular flexibility index (Phi) is 23.1. The second-order valence-electron chi connectivity index (χ2n) is 38.7. The monoisotopic (exact) mass is 1890 g/mol. The van der Waals surface area contributed by atoms with Crippen LogP contribution < -0.4 is 31.1 Å². The van der Waals surface area contributed by atoms with Crippen molar-refractivity contribution in [1.82, 2.24) is 0 Å². The first-order valence-corrected chi connectivity index (χ1v) is 54.8. The van der Waals surface area contributed by atoms with E-state index in [1.165, 1.54) is 271 Å². The molecule has 0 radical (unpaired) electrons. The molecule has 28 aromatic carbocycles. The zero-order valence-corrected chi connectivity index (χ0v) is 84.5. The van der Waals surface area contributed by atoms with Gasteiger partial charge in [0.2, 0.25) is 0 Å². The number of benzene rings is 28. The summed E-state index contributed by atoms with van der Waals surface area (Å²) in [6.07, 6.45) is 0. The first-order valence-electron chi connectivity index (χ1n) is 50.6. The molecule has 145 heavy (non-hydrogen) atoms. The molecule has 28 aromatic rings. The maximum absolute atomic E-state index is 2.52. The molecule has 0 heterocycles. The van der Waals surface area contributed by atoms with Crippen molar-refractivity contribution >= 4 is 200 Å². The van der Waals surface area contributed by atoms with Gasteiger partial charge < -0.3 is 0 Å². The van der Waals surface area contributed by atoms with Gasteiger partial charge in [-0.1, -0.05) is 547 Å². The van der Waals surface area contributed by atoms with E-state index in [9.17, 15) is 0 Å². The predicted octanol–water partition coefficient (Wildman–Crippen LogP) is 32.4. The molecule has 0 aliphatic heterocycles. The van der Waals surface area contributed by atoms with Crippen molar-refractivity contribution in [1.29, 1.82) is 0 Å². The predicted molar refractivity (Wildman–Crippen MR) is 639 cm³/mol. The van der Waals surface area contributed by atoms with Crippen LogP contribution in [0.25, 0.3) is 240 Å². The molecule has 0 N–H and O–H groups in total. The quantitative estimate of drug-likeness (QED) is 0.0545. The van der Waals surface area contributed by atoms with Gasteiger partial charge in [-0.15, -0.1) is 0 Å². The third kappa shape index (κ3) is 16.8. The first kappa shape index (κ1) is 87.4. The summed E-state index contributed by atoms with van der Waals surface area (Å²) in [6, 6.07) is 207. The fourth-order valence-corrected chi connectivity index (χ4v) is 27.7. The van der Waals surface area contributed by atoms with E-state index in [4.69, 9.17) is 0 Å². The lowest BCUT2D eigenvalue weighted by atomic mass is 9.83. The summed E-state index contributed by atoms with van der Waals surface area (Å²) < 4.78 is 0. The van der Waals surface area contributed by atoms with E-state index in [0.717, 1.165) is 0 Å². The summed E-state index contributed by atoms with van der Waals surface area (Å²) in [7, 11) is -1.96. The summed E-state index contributed by atoms with van der Waals surface area (Å²) in [5, 5.41) is 42.2. The summed E-state index contributed by atoms with van der Waals surface area (Å²) in [4.78, 5) is 0. The van der Waals surface area contributed by atoms with Crippen LogP contribution in [-0.4, -0.2) is 28.6 Å². The molecule has 0 saturated carbocycles. The Balaban J connectivity index is 0.000000111. The Morgan fingerprint density at radius 2 is 0.345 bits per heavy atom. The number of rotatable bonds is 15. The highest BCUT2D eigenvalue weighted by atomic mass is 28.2. The lowest BCUT2D eigenvalue weighted by molar-refractivity contribution is 1.63. The third-order valence-corrected chi connectivity index (χ3v) is 35.1.